The van der Waals surface area contributed by atoms with Crippen molar-refractivity contribution in [2.45, 2.75) is 13.1 Å². The number of nitrogens with one attached hydrogen (secondary N) is 1. The minimum absolute atomic E-state index is 0.0278. The third-order valence-corrected chi connectivity index (χ3v) is 5.96. The monoisotopic (exact) mass is 446 g/mol. The maximum absolute atomic E-state index is 12.7. The van der Waals surface area contributed by atoms with Gasteiger partial charge >= 0.3 is 0 Å². The Balaban J connectivity index is 1.62. The number of likely N-dealkylation sites (N-methyl/N-ethyl adjacent to an activating group) is 2. The predicted octanol–water partition coefficient (Wildman–Crippen LogP) is 2.56. The Bertz CT molecular complexity index is 1240. The summed E-state index contributed by atoms with van der Waals surface area (Å²) in [4.78, 5) is 40.5. The lowest BCUT2D eigenvalue weighted by atomic mass is 10.1. The first kappa shape index (κ1) is 21.5. The van der Waals surface area contributed by atoms with Gasteiger partial charge in [0, 0.05) is 43.3 Å². The first-order valence-corrected chi connectivity index (χ1v) is 10.5. The minimum Gasteiger partial charge on any atom is -0.350 e. The number of thiocarbonyl (C=S) groups is 1. The number of carbonyl (C=O) groups is 3. The van der Waals surface area contributed by atoms with Crippen LogP contribution in [-0.2, 0) is 27.5 Å². The van der Waals surface area contributed by atoms with Crippen LogP contribution >= 0.6 is 12.2 Å². The number of hydrogen-bond acceptors (Lipinski definition) is 4. The highest BCUT2D eigenvalue weighted by atomic mass is 32.1. The third kappa shape index (κ3) is 4.04. The van der Waals surface area contributed by atoms with E-state index in [1.54, 1.807) is 26.4 Å². The van der Waals surface area contributed by atoms with Crippen LogP contribution in [0.3, 0.4) is 0 Å². The number of rotatable bonds is 5. The molecule has 1 fully saturated rings. The maximum Gasteiger partial charge on any atom is 0.265 e. The van der Waals surface area contributed by atoms with Crippen LogP contribution in [0.15, 0.2) is 66.4 Å². The average Bonchev–Trinajstić information content (AvgIpc) is 3.15. The number of benzene rings is 2. The Kier molecular flexibility index (Phi) is 5.87. The Morgan fingerprint density at radius 1 is 0.969 bits per heavy atom. The SMILES string of the molecule is CN1C(=O)C(=Cc2cn(CC(=O)NCc3ccccc3)c3ccccc23)C(=O)N(C)C1=S. The van der Waals surface area contributed by atoms with E-state index >= 15 is 0 Å². The lowest BCUT2D eigenvalue weighted by Crippen LogP contribution is -2.52. The number of para-hydroxylation sites is 1. The molecular formula is C24H22N4O3S. The van der Waals surface area contributed by atoms with E-state index in [1.807, 2.05) is 59.2 Å². The highest BCUT2D eigenvalue weighted by Gasteiger charge is 2.35. The number of amides is 3. The van der Waals surface area contributed by atoms with Crippen molar-refractivity contribution in [3.05, 3.63) is 77.5 Å². The summed E-state index contributed by atoms with van der Waals surface area (Å²) in [6, 6.07) is 17.2. The Morgan fingerprint density at radius 3 is 2.28 bits per heavy atom. The molecule has 0 saturated carbocycles. The van der Waals surface area contributed by atoms with E-state index in [0.717, 1.165) is 16.5 Å². The van der Waals surface area contributed by atoms with Gasteiger partial charge < -0.3 is 9.88 Å². The van der Waals surface area contributed by atoms with E-state index in [4.69, 9.17) is 12.2 Å². The van der Waals surface area contributed by atoms with Crippen molar-refractivity contribution in [1.82, 2.24) is 19.7 Å². The first-order chi connectivity index (χ1) is 15.4. The smallest absolute Gasteiger partial charge is 0.265 e. The number of hydrogen-bond donors (Lipinski definition) is 1. The van der Waals surface area contributed by atoms with Crippen molar-refractivity contribution in [1.29, 1.82) is 0 Å². The number of carbonyl (C=O) groups excluding carboxylic acids is 3. The summed E-state index contributed by atoms with van der Waals surface area (Å²) in [7, 11) is 3.09. The summed E-state index contributed by atoms with van der Waals surface area (Å²) in [5, 5.41) is 3.93. The highest BCUT2D eigenvalue weighted by molar-refractivity contribution is 7.80. The fourth-order valence-electron chi connectivity index (χ4n) is 3.66. The second kappa shape index (κ2) is 8.76. The summed E-state index contributed by atoms with van der Waals surface area (Å²) in [5.41, 5.74) is 2.56. The Morgan fingerprint density at radius 2 is 1.59 bits per heavy atom. The van der Waals surface area contributed by atoms with Gasteiger partial charge in [0.15, 0.2) is 5.11 Å². The normalized spacial score (nSPS) is 14.3. The van der Waals surface area contributed by atoms with Gasteiger partial charge in [0.05, 0.1) is 0 Å². The molecule has 1 N–H and O–H groups in total. The molecule has 32 heavy (non-hydrogen) atoms. The summed E-state index contributed by atoms with van der Waals surface area (Å²) >= 11 is 5.15. The molecule has 0 aliphatic carbocycles. The molecule has 2 heterocycles. The topological polar surface area (TPSA) is 74.6 Å². The average molecular weight is 447 g/mol. The first-order valence-electron chi connectivity index (χ1n) is 10.1. The van der Waals surface area contributed by atoms with E-state index in [9.17, 15) is 14.4 Å². The molecule has 1 saturated heterocycles. The summed E-state index contributed by atoms with van der Waals surface area (Å²) in [5.74, 6) is -1.03. The second-order valence-corrected chi connectivity index (χ2v) is 7.93. The largest absolute Gasteiger partial charge is 0.350 e. The van der Waals surface area contributed by atoms with Crippen molar-refractivity contribution in [3.8, 4) is 0 Å². The minimum atomic E-state index is -0.449. The number of nitrogens with zero attached hydrogens (tertiary/aromatic N) is 3. The van der Waals surface area contributed by atoms with Gasteiger partial charge in [0.2, 0.25) is 5.91 Å². The fraction of sp³-hybridized carbons (Fsp3) is 0.167. The van der Waals surface area contributed by atoms with Gasteiger partial charge in [0.25, 0.3) is 11.8 Å². The molecule has 0 unspecified atom stereocenters. The van der Waals surface area contributed by atoms with E-state index in [1.165, 1.54) is 9.80 Å². The molecule has 3 amide bonds. The van der Waals surface area contributed by atoms with Gasteiger partial charge in [-0.15, -0.1) is 0 Å². The third-order valence-electron chi connectivity index (χ3n) is 5.41. The quantitative estimate of drug-likeness (QED) is 0.371. The zero-order chi connectivity index (χ0) is 22.8. The van der Waals surface area contributed by atoms with E-state index in [2.05, 4.69) is 5.32 Å². The lowest BCUT2D eigenvalue weighted by Gasteiger charge is -2.31. The van der Waals surface area contributed by atoms with Crippen LogP contribution < -0.4 is 5.32 Å². The van der Waals surface area contributed by atoms with Gasteiger partial charge in [-0.05, 0) is 29.9 Å². The van der Waals surface area contributed by atoms with E-state index < -0.39 is 11.8 Å². The number of aromatic nitrogens is 1. The van der Waals surface area contributed by atoms with E-state index in [-0.39, 0.29) is 23.1 Å². The second-order valence-electron chi connectivity index (χ2n) is 7.56. The zero-order valence-electron chi connectivity index (χ0n) is 17.7. The molecular weight excluding hydrogens is 424 g/mol. The Labute approximate surface area is 190 Å². The van der Waals surface area contributed by atoms with Gasteiger partial charge in [-0.2, -0.15) is 0 Å². The maximum atomic E-state index is 12.7. The standard InChI is InChI=1S/C24H22N4O3S/c1-26-22(30)19(23(31)27(2)24(26)32)12-17-14-28(20-11-7-6-10-18(17)20)15-21(29)25-13-16-8-4-3-5-9-16/h3-12,14H,13,15H2,1-2H3,(H,25,29). The molecule has 0 atom stereocenters. The van der Waals surface area contributed by atoms with Crippen molar-refractivity contribution < 1.29 is 14.4 Å². The van der Waals surface area contributed by atoms with Crippen LogP contribution in [-0.4, -0.2) is 51.3 Å². The highest BCUT2D eigenvalue weighted by Crippen LogP contribution is 2.26. The zero-order valence-corrected chi connectivity index (χ0v) is 18.6. The number of fused-ring (bicyclic) bond motifs is 1. The molecule has 0 bridgehead atoms. The van der Waals surface area contributed by atoms with Gasteiger partial charge in [-0.3, -0.25) is 24.2 Å². The van der Waals surface area contributed by atoms with E-state index in [0.29, 0.717) is 12.1 Å². The summed E-state index contributed by atoms with van der Waals surface area (Å²) < 4.78 is 1.82. The van der Waals surface area contributed by atoms with Gasteiger partial charge in [0.1, 0.15) is 12.1 Å². The molecule has 0 spiro atoms. The Hall–Kier alpha value is -3.78. The summed E-state index contributed by atoms with van der Waals surface area (Å²) in [6.07, 6.45) is 3.35. The molecule has 2 aromatic carbocycles. The van der Waals surface area contributed by atoms with Crippen LogP contribution in [0.1, 0.15) is 11.1 Å². The lowest BCUT2D eigenvalue weighted by molar-refractivity contribution is -0.132. The van der Waals surface area contributed by atoms with Crippen LogP contribution in [0.25, 0.3) is 17.0 Å². The van der Waals surface area contributed by atoms with Crippen molar-refractivity contribution >= 4 is 52.0 Å². The van der Waals surface area contributed by atoms with Crippen LogP contribution in [0.4, 0.5) is 0 Å². The van der Waals surface area contributed by atoms with Crippen LogP contribution in [0.5, 0.6) is 0 Å². The van der Waals surface area contributed by atoms with Crippen LogP contribution in [0, 0.1) is 0 Å². The molecule has 7 nitrogen and oxygen atoms in total. The van der Waals surface area contributed by atoms with Gasteiger partial charge in [-0.1, -0.05) is 48.5 Å². The van der Waals surface area contributed by atoms with Crippen molar-refractivity contribution in [2.24, 2.45) is 0 Å². The van der Waals surface area contributed by atoms with Crippen LogP contribution in [0.2, 0.25) is 0 Å². The molecule has 1 aromatic heterocycles. The molecule has 1 aliphatic rings. The molecule has 0 radical (unpaired) electrons. The molecule has 3 aromatic rings. The molecule has 4 rings (SSSR count). The van der Waals surface area contributed by atoms with Crippen molar-refractivity contribution in [3.63, 3.8) is 0 Å². The fourth-order valence-corrected chi connectivity index (χ4v) is 3.82. The molecule has 1 aliphatic heterocycles. The predicted molar refractivity (Wildman–Crippen MR) is 126 cm³/mol. The molecule has 8 heteroatoms. The van der Waals surface area contributed by atoms with Gasteiger partial charge in [-0.25, -0.2) is 0 Å². The summed E-state index contributed by atoms with van der Waals surface area (Å²) in [6.45, 7) is 0.555. The van der Waals surface area contributed by atoms with Crippen molar-refractivity contribution in [2.75, 3.05) is 14.1 Å². The molecule has 162 valence electrons.